The van der Waals surface area contributed by atoms with Gasteiger partial charge in [0, 0.05) is 31.2 Å². The van der Waals surface area contributed by atoms with Crippen molar-refractivity contribution in [3.05, 3.63) is 29.6 Å². The molecule has 2 N–H and O–H groups in total. The summed E-state index contributed by atoms with van der Waals surface area (Å²) in [4.78, 5) is 25.5. The average molecular weight is 375 g/mol. The zero-order chi connectivity index (χ0) is 19.3. The number of hydrogen-bond donors (Lipinski definition) is 2. The summed E-state index contributed by atoms with van der Waals surface area (Å²) in [5.41, 5.74) is -1.45. The quantitative estimate of drug-likeness (QED) is 0.788. The summed E-state index contributed by atoms with van der Waals surface area (Å²) in [5, 5.41) is 5.02. The lowest BCUT2D eigenvalue weighted by atomic mass is 10.0. The maximum Gasteiger partial charge on any atom is 0.419 e. The number of nitrogens with one attached hydrogen (secondary N) is 2. The van der Waals surface area contributed by atoms with E-state index in [9.17, 15) is 27.2 Å². The third kappa shape index (κ3) is 5.34. The molecule has 1 fully saturated rings. The van der Waals surface area contributed by atoms with E-state index in [2.05, 4.69) is 10.6 Å². The standard InChI is InChI=1S/C17H21F4N3O2/c1-2-3-15(25)24-8-6-11(7-9-24)22-16(26)23-12-4-5-13(14(18)10-12)17(19,20)21/h4-5,10-11H,2-3,6-9H2,1H3,(H2,22,23,26). The maximum absolute atomic E-state index is 13.5. The molecule has 0 unspecified atom stereocenters. The highest BCUT2D eigenvalue weighted by atomic mass is 19.4. The molecule has 0 bridgehead atoms. The minimum atomic E-state index is -4.78. The lowest BCUT2D eigenvalue weighted by Gasteiger charge is -2.32. The molecule has 1 aromatic rings. The second-order valence-corrected chi connectivity index (χ2v) is 6.20. The second kappa shape index (κ2) is 8.37. The Morgan fingerprint density at radius 3 is 2.42 bits per heavy atom. The number of anilines is 1. The molecule has 0 saturated carbocycles. The molecule has 0 aliphatic carbocycles. The van der Waals surface area contributed by atoms with Crippen LogP contribution in [0, 0.1) is 5.82 Å². The number of benzene rings is 1. The molecule has 5 nitrogen and oxygen atoms in total. The Hall–Kier alpha value is -2.32. The Balaban J connectivity index is 1.84. The van der Waals surface area contributed by atoms with Crippen LogP contribution in [0.15, 0.2) is 18.2 Å². The van der Waals surface area contributed by atoms with Crippen LogP contribution in [0.25, 0.3) is 0 Å². The molecule has 1 aliphatic rings. The summed E-state index contributed by atoms with van der Waals surface area (Å²) in [6.07, 6.45) is -2.33. The van der Waals surface area contributed by atoms with Gasteiger partial charge in [0.05, 0.1) is 5.56 Å². The number of urea groups is 1. The lowest BCUT2D eigenvalue weighted by molar-refractivity contribution is -0.140. The van der Waals surface area contributed by atoms with Gasteiger partial charge in [0.25, 0.3) is 0 Å². The summed E-state index contributed by atoms with van der Waals surface area (Å²) < 4.78 is 51.1. The SMILES string of the molecule is CCCC(=O)N1CCC(NC(=O)Nc2ccc(C(F)(F)F)c(F)c2)CC1. The molecular formula is C17H21F4N3O2. The van der Waals surface area contributed by atoms with Crippen molar-refractivity contribution in [1.82, 2.24) is 10.2 Å². The van der Waals surface area contributed by atoms with Crippen LogP contribution in [0.3, 0.4) is 0 Å². The van der Waals surface area contributed by atoms with Crippen molar-refractivity contribution in [1.29, 1.82) is 0 Å². The largest absolute Gasteiger partial charge is 0.419 e. The highest BCUT2D eigenvalue weighted by Crippen LogP contribution is 2.32. The van der Waals surface area contributed by atoms with Crippen LogP contribution in [-0.4, -0.2) is 36.0 Å². The minimum absolute atomic E-state index is 0.0661. The zero-order valence-corrected chi connectivity index (χ0v) is 14.3. The molecule has 1 heterocycles. The number of halogens is 4. The number of piperidine rings is 1. The van der Waals surface area contributed by atoms with Crippen LogP contribution in [0.1, 0.15) is 38.2 Å². The first-order chi connectivity index (χ1) is 12.2. The fourth-order valence-corrected chi connectivity index (χ4v) is 2.82. The third-order valence-electron chi connectivity index (χ3n) is 4.18. The molecule has 0 atom stereocenters. The van der Waals surface area contributed by atoms with Crippen molar-refractivity contribution >= 4 is 17.6 Å². The van der Waals surface area contributed by atoms with Crippen LogP contribution >= 0.6 is 0 Å². The fraction of sp³-hybridized carbons (Fsp3) is 0.529. The van der Waals surface area contributed by atoms with Crippen molar-refractivity contribution in [2.24, 2.45) is 0 Å². The van der Waals surface area contributed by atoms with Crippen molar-refractivity contribution in [3.8, 4) is 0 Å². The maximum atomic E-state index is 13.5. The number of nitrogens with zero attached hydrogens (tertiary/aromatic N) is 1. The molecule has 1 aromatic carbocycles. The number of carbonyl (C=O) groups is 2. The van der Waals surface area contributed by atoms with E-state index in [0.717, 1.165) is 12.5 Å². The van der Waals surface area contributed by atoms with Gasteiger partial charge in [-0.25, -0.2) is 9.18 Å². The van der Waals surface area contributed by atoms with E-state index in [-0.39, 0.29) is 17.6 Å². The first-order valence-corrected chi connectivity index (χ1v) is 8.42. The van der Waals surface area contributed by atoms with Crippen LogP contribution < -0.4 is 10.6 Å². The summed E-state index contributed by atoms with van der Waals surface area (Å²) in [7, 11) is 0. The van der Waals surface area contributed by atoms with Crippen LogP contribution in [0.4, 0.5) is 28.0 Å². The van der Waals surface area contributed by atoms with Crippen LogP contribution in [-0.2, 0) is 11.0 Å². The van der Waals surface area contributed by atoms with Gasteiger partial charge in [0.1, 0.15) is 5.82 Å². The number of alkyl halides is 3. The molecule has 0 spiro atoms. The van der Waals surface area contributed by atoms with E-state index in [0.29, 0.717) is 44.5 Å². The summed E-state index contributed by atoms with van der Waals surface area (Å²) >= 11 is 0. The van der Waals surface area contributed by atoms with E-state index in [1.54, 1.807) is 4.90 Å². The van der Waals surface area contributed by atoms with Crippen molar-refractivity contribution < 1.29 is 27.2 Å². The smallest absolute Gasteiger partial charge is 0.343 e. The van der Waals surface area contributed by atoms with Gasteiger partial charge < -0.3 is 15.5 Å². The number of carbonyl (C=O) groups excluding carboxylic acids is 2. The van der Waals surface area contributed by atoms with E-state index >= 15 is 0 Å². The van der Waals surface area contributed by atoms with Crippen LogP contribution in [0.5, 0.6) is 0 Å². The number of amides is 3. The lowest BCUT2D eigenvalue weighted by Crippen LogP contribution is -2.47. The Bertz CT molecular complexity index is 656. The highest BCUT2D eigenvalue weighted by Gasteiger charge is 2.34. The molecule has 0 aromatic heterocycles. The minimum Gasteiger partial charge on any atom is -0.343 e. The average Bonchev–Trinajstić information content (AvgIpc) is 2.54. The molecule has 0 radical (unpaired) electrons. The van der Waals surface area contributed by atoms with E-state index < -0.39 is 23.6 Å². The Morgan fingerprint density at radius 2 is 1.88 bits per heavy atom. The molecular weight excluding hydrogens is 354 g/mol. The van der Waals surface area contributed by atoms with Crippen molar-refractivity contribution in [2.45, 2.75) is 44.8 Å². The Kier molecular flexibility index (Phi) is 6.44. The summed E-state index contributed by atoms with van der Waals surface area (Å²) in [5.74, 6) is -1.35. The molecule has 9 heteroatoms. The van der Waals surface area contributed by atoms with Gasteiger partial charge in [0.15, 0.2) is 0 Å². The summed E-state index contributed by atoms with van der Waals surface area (Å²) in [6, 6.07) is 1.44. The zero-order valence-electron chi connectivity index (χ0n) is 14.3. The van der Waals surface area contributed by atoms with E-state index in [1.807, 2.05) is 6.92 Å². The van der Waals surface area contributed by atoms with Gasteiger partial charge in [-0.15, -0.1) is 0 Å². The summed E-state index contributed by atoms with van der Waals surface area (Å²) in [6.45, 7) is 3.01. The molecule has 1 aliphatic heterocycles. The monoisotopic (exact) mass is 375 g/mol. The number of likely N-dealkylation sites (tertiary alicyclic amines) is 1. The van der Waals surface area contributed by atoms with Crippen molar-refractivity contribution in [3.63, 3.8) is 0 Å². The Labute approximate surface area is 148 Å². The fourth-order valence-electron chi connectivity index (χ4n) is 2.82. The molecule has 1 saturated heterocycles. The van der Waals surface area contributed by atoms with Crippen LogP contribution in [0.2, 0.25) is 0 Å². The molecule has 26 heavy (non-hydrogen) atoms. The number of hydrogen-bond acceptors (Lipinski definition) is 2. The van der Waals surface area contributed by atoms with Gasteiger partial charge in [-0.3, -0.25) is 4.79 Å². The first kappa shape index (κ1) is 20.0. The first-order valence-electron chi connectivity index (χ1n) is 8.42. The van der Waals surface area contributed by atoms with E-state index in [1.165, 1.54) is 0 Å². The predicted octanol–water partition coefficient (Wildman–Crippen LogP) is 3.76. The van der Waals surface area contributed by atoms with Gasteiger partial charge in [0.2, 0.25) is 5.91 Å². The molecule has 144 valence electrons. The van der Waals surface area contributed by atoms with E-state index in [4.69, 9.17) is 0 Å². The van der Waals surface area contributed by atoms with Gasteiger partial charge in [-0.05, 0) is 37.5 Å². The Morgan fingerprint density at radius 1 is 1.23 bits per heavy atom. The highest BCUT2D eigenvalue weighted by molar-refractivity contribution is 5.89. The van der Waals surface area contributed by atoms with Crippen molar-refractivity contribution in [2.75, 3.05) is 18.4 Å². The molecule has 2 rings (SSSR count). The van der Waals surface area contributed by atoms with Gasteiger partial charge in [-0.2, -0.15) is 13.2 Å². The molecule has 3 amide bonds. The number of rotatable bonds is 4. The second-order valence-electron chi connectivity index (χ2n) is 6.20. The third-order valence-corrected chi connectivity index (χ3v) is 4.18. The van der Waals surface area contributed by atoms with Gasteiger partial charge >= 0.3 is 12.2 Å². The predicted molar refractivity (Wildman–Crippen MR) is 88.1 cm³/mol. The topological polar surface area (TPSA) is 61.4 Å². The normalized spacial score (nSPS) is 15.7. The van der Waals surface area contributed by atoms with Gasteiger partial charge in [-0.1, -0.05) is 6.92 Å².